The molecule has 0 fully saturated rings. The summed E-state index contributed by atoms with van der Waals surface area (Å²) in [7, 11) is 0. The number of pyridine rings is 1. The number of aromatic nitrogens is 1. The molecule has 201 valence electrons. The summed E-state index contributed by atoms with van der Waals surface area (Å²) < 4.78 is 0. The van der Waals surface area contributed by atoms with Crippen molar-refractivity contribution in [2.75, 3.05) is 0 Å². The maximum Gasteiger partial charge on any atom is 0.0835 e. The summed E-state index contributed by atoms with van der Waals surface area (Å²) in [6.45, 7) is 12.9. The number of halogens is 4. The summed E-state index contributed by atoms with van der Waals surface area (Å²) in [5.74, 6) is 0. The number of nitrogens with zero attached hydrogens (tertiary/aromatic N) is 3. The van der Waals surface area contributed by atoms with Crippen LogP contribution < -0.4 is 37.2 Å². The van der Waals surface area contributed by atoms with Gasteiger partial charge in [0, 0.05) is 23.6 Å². The molecule has 0 amide bonds. The SMILES string of the molecule is CCc1cc(C)cc(CC)c1N=Cc1cc(Cl)cc(C=Nc2c(CC)cc(C)cc2CC)n1.[Cl-].[Cl-].[Cl-].[V]. The van der Waals surface area contributed by atoms with Crippen LogP contribution in [0.4, 0.5) is 11.4 Å². The zero-order valence-corrected chi connectivity index (χ0v) is 26.7. The predicted molar refractivity (Wildman–Crippen MR) is 144 cm³/mol. The van der Waals surface area contributed by atoms with Gasteiger partial charge in [-0.1, -0.05) is 74.7 Å². The Hall–Kier alpha value is -1.33. The number of hydrogen-bond donors (Lipinski definition) is 0. The van der Waals surface area contributed by atoms with E-state index in [4.69, 9.17) is 26.6 Å². The van der Waals surface area contributed by atoms with Crippen molar-refractivity contribution in [1.82, 2.24) is 4.98 Å². The minimum Gasteiger partial charge on any atom is -1.00 e. The first-order valence-corrected chi connectivity index (χ1v) is 12.3. The van der Waals surface area contributed by atoms with E-state index in [2.05, 4.69) is 65.8 Å². The van der Waals surface area contributed by atoms with Gasteiger partial charge in [-0.3, -0.25) is 9.98 Å². The van der Waals surface area contributed by atoms with Crippen molar-refractivity contribution in [2.24, 2.45) is 9.98 Å². The van der Waals surface area contributed by atoms with Crippen LogP contribution >= 0.6 is 11.6 Å². The molecule has 1 aromatic heterocycles. The molecule has 3 rings (SSSR count). The molecular weight excluding hydrogens is 583 g/mol. The Morgan fingerprint density at radius 1 is 0.622 bits per heavy atom. The summed E-state index contributed by atoms with van der Waals surface area (Å²) in [5, 5.41) is 0.624. The fourth-order valence-electron chi connectivity index (χ4n) is 4.21. The zero-order chi connectivity index (χ0) is 24.0. The van der Waals surface area contributed by atoms with Gasteiger partial charge in [0.05, 0.1) is 35.2 Å². The van der Waals surface area contributed by atoms with E-state index >= 15 is 0 Å². The number of rotatable bonds is 8. The zero-order valence-electron chi connectivity index (χ0n) is 22.2. The van der Waals surface area contributed by atoms with Gasteiger partial charge in [-0.25, -0.2) is 4.98 Å². The third-order valence-electron chi connectivity index (χ3n) is 5.83. The van der Waals surface area contributed by atoms with Crippen LogP contribution in [0.3, 0.4) is 0 Å². The summed E-state index contributed by atoms with van der Waals surface area (Å²) in [6.07, 6.45) is 7.40. The first-order chi connectivity index (χ1) is 15.9. The maximum atomic E-state index is 6.43. The first kappa shape index (κ1) is 37.8. The van der Waals surface area contributed by atoms with Crippen molar-refractivity contribution in [3.8, 4) is 0 Å². The molecule has 2 aromatic carbocycles. The molecule has 0 aliphatic heterocycles. The van der Waals surface area contributed by atoms with Gasteiger partial charge in [-0.05, 0) is 73.9 Å². The van der Waals surface area contributed by atoms with E-state index in [1.165, 1.54) is 33.4 Å². The van der Waals surface area contributed by atoms with Crippen LogP contribution in [-0.4, -0.2) is 17.4 Å². The van der Waals surface area contributed by atoms with Crippen molar-refractivity contribution in [1.29, 1.82) is 0 Å². The number of aryl methyl sites for hydroxylation is 6. The molecule has 1 heterocycles. The fraction of sp³-hybridized carbons (Fsp3) is 0.345. The summed E-state index contributed by atoms with van der Waals surface area (Å²) >= 11 is 6.43. The molecule has 0 spiro atoms. The van der Waals surface area contributed by atoms with Crippen LogP contribution in [0.2, 0.25) is 5.02 Å². The molecular formula is C29H34Cl4N3V-3. The third kappa shape index (κ3) is 10.1. The van der Waals surface area contributed by atoms with Crippen LogP contribution in [0, 0.1) is 13.8 Å². The predicted octanol–water partition coefficient (Wildman–Crippen LogP) is -0.888. The molecule has 3 aromatic rings. The fourth-order valence-corrected chi connectivity index (χ4v) is 4.43. The summed E-state index contributed by atoms with van der Waals surface area (Å²) in [6, 6.07) is 12.5. The molecule has 3 nitrogen and oxygen atoms in total. The minimum absolute atomic E-state index is 0. The molecule has 0 aliphatic rings. The van der Waals surface area contributed by atoms with Gasteiger partial charge >= 0.3 is 0 Å². The van der Waals surface area contributed by atoms with E-state index in [0.717, 1.165) is 48.4 Å². The summed E-state index contributed by atoms with van der Waals surface area (Å²) in [5.41, 5.74) is 11.1. The number of aliphatic imine (C=N–C) groups is 2. The molecule has 0 atom stereocenters. The van der Waals surface area contributed by atoms with Crippen LogP contribution in [-0.2, 0) is 44.2 Å². The monoisotopic (exact) mass is 615 g/mol. The standard InChI is InChI=1S/C29H34ClN3.3ClH.V/c1-7-21-11-19(5)12-22(8-2)28(21)31-17-26-15-25(30)16-27(33-26)18-32-29-23(9-3)13-20(6)14-24(29)10-4;;;;/h11-18H,7-10H2,1-6H3;3*1H;/p-3. The second kappa shape index (κ2) is 18.0. The second-order valence-corrected chi connectivity index (χ2v) is 8.87. The van der Waals surface area contributed by atoms with Crippen molar-refractivity contribution in [2.45, 2.75) is 67.2 Å². The molecule has 0 N–H and O–H groups in total. The number of hydrogen-bond acceptors (Lipinski definition) is 3. The van der Waals surface area contributed by atoms with Crippen molar-refractivity contribution >= 4 is 35.4 Å². The second-order valence-electron chi connectivity index (χ2n) is 8.43. The minimum atomic E-state index is 0. The molecule has 8 heteroatoms. The maximum absolute atomic E-state index is 6.43. The van der Waals surface area contributed by atoms with Crippen molar-refractivity contribution in [3.05, 3.63) is 86.2 Å². The topological polar surface area (TPSA) is 37.6 Å². The average Bonchev–Trinajstić information content (AvgIpc) is 2.80. The van der Waals surface area contributed by atoms with Crippen molar-refractivity contribution < 1.29 is 55.8 Å². The van der Waals surface area contributed by atoms with Crippen LogP contribution in [0.1, 0.15) is 72.5 Å². The number of benzene rings is 2. The Balaban J connectivity index is 0. The van der Waals surface area contributed by atoms with Crippen molar-refractivity contribution in [3.63, 3.8) is 0 Å². The Morgan fingerprint density at radius 2 is 0.919 bits per heavy atom. The Morgan fingerprint density at radius 3 is 1.19 bits per heavy atom. The Labute approximate surface area is 258 Å². The molecule has 0 unspecified atom stereocenters. The summed E-state index contributed by atoms with van der Waals surface area (Å²) in [4.78, 5) is 14.4. The molecule has 0 saturated heterocycles. The van der Waals surface area contributed by atoms with Gasteiger partial charge in [-0.2, -0.15) is 0 Å². The van der Waals surface area contributed by atoms with Crippen LogP contribution in [0.15, 0.2) is 46.4 Å². The third-order valence-corrected chi connectivity index (χ3v) is 6.05. The van der Waals surface area contributed by atoms with Gasteiger partial charge in [0.2, 0.25) is 0 Å². The van der Waals surface area contributed by atoms with Gasteiger partial charge in [0.25, 0.3) is 0 Å². The first-order valence-electron chi connectivity index (χ1n) is 11.9. The van der Waals surface area contributed by atoms with E-state index in [0.29, 0.717) is 5.02 Å². The smallest absolute Gasteiger partial charge is 0.0835 e. The Kier molecular flexibility index (Phi) is 18.5. The van der Waals surface area contributed by atoms with Gasteiger partial charge in [0.15, 0.2) is 0 Å². The van der Waals surface area contributed by atoms with Gasteiger partial charge < -0.3 is 37.2 Å². The van der Waals surface area contributed by atoms with Gasteiger partial charge in [0.1, 0.15) is 0 Å². The normalized spacial score (nSPS) is 10.5. The van der Waals surface area contributed by atoms with E-state index in [9.17, 15) is 0 Å². The van der Waals surface area contributed by atoms with E-state index in [1.54, 1.807) is 0 Å². The molecule has 0 saturated carbocycles. The van der Waals surface area contributed by atoms with E-state index in [1.807, 2.05) is 24.6 Å². The molecule has 37 heavy (non-hydrogen) atoms. The van der Waals surface area contributed by atoms with E-state index in [-0.39, 0.29) is 55.8 Å². The van der Waals surface area contributed by atoms with Crippen LogP contribution in [0.5, 0.6) is 0 Å². The molecule has 0 bridgehead atoms. The Bertz CT molecular complexity index is 1070. The average molecular weight is 617 g/mol. The molecule has 0 aliphatic carbocycles. The van der Waals surface area contributed by atoms with Crippen LogP contribution in [0.25, 0.3) is 0 Å². The van der Waals surface area contributed by atoms with E-state index < -0.39 is 0 Å². The van der Waals surface area contributed by atoms with Gasteiger partial charge in [-0.15, -0.1) is 0 Å². The molecule has 1 radical (unpaired) electrons. The quantitative estimate of drug-likeness (QED) is 0.303. The largest absolute Gasteiger partial charge is 1.00 e.